The SMILES string of the molecule is CN(CCC(c1ccccc1)c1ccccc1O)C1CCCC1.Cl. The average molecular weight is 346 g/mol. The second kappa shape index (κ2) is 9.10. The highest BCUT2D eigenvalue weighted by Gasteiger charge is 2.22. The average Bonchev–Trinajstić information content (AvgIpc) is 3.12. The Balaban J connectivity index is 0.00000208. The number of rotatable bonds is 6. The molecule has 0 saturated heterocycles. The summed E-state index contributed by atoms with van der Waals surface area (Å²) in [5.41, 5.74) is 2.33. The van der Waals surface area contributed by atoms with Crippen molar-refractivity contribution in [2.45, 2.75) is 44.1 Å². The summed E-state index contributed by atoms with van der Waals surface area (Å²) in [6.07, 6.45) is 6.45. The van der Waals surface area contributed by atoms with E-state index < -0.39 is 0 Å². The summed E-state index contributed by atoms with van der Waals surface area (Å²) in [6.45, 7) is 1.07. The summed E-state index contributed by atoms with van der Waals surface area (Å²) in [5, 5.41) is 10.3. The molecule has 24 heavy (non-hydrogen) atoms. The van der Waals surface area contributed by atoms with Crippen LogP contribution in [0.4, 0.5) is 0 Å². The van der Waals surface area contributed by atoms with E-state index in [2.05, 4.69) is 48.3 Å². The molecule has 130 valence electrons. The van der Waals surface area contributed by atoms with Crippen LogP contribution in [0.25, 0.3) is 0 Å². The first-order chi connectivity index (χ1) is 11.3. The molecule has 0 aromatic heterocycles. The molecule has 1 unspecified atom stereocenters. The third kappa shape index (κ3) is 4.52. The van der Waals surface area contributed by atoms with Gasteiger partial charge < -0.3 is 10.0 Å². The maximum Gasteiger partial charge on any atom is 0.119 e. The highest BCUT2D eigenvalue weighted by molar-refractivity contribution is 5.85. The van der Waals surface area contributed by atoms with Crippen molar-refractivity contribution in [2.24, 2.45) is 0 Å². The second-order valence-corrected chi connectivity index (χ2v) is 6.73. The van der Waals surface area contributed by atoms with Crippen molar-refractivity contribution in [3.63, 3.8) is 0 Å². The van der Waals surface area contributed by atoms with Gasteiger partial charge in [-0.05, 0) is 44.5 Å². The van der Waals surface area contributed by atoms with Gasteiger partial charge in [-0.3, -0.25) is 0 Å². The van der Waals surface area contributed by atoms with E-state index in [1.165, 1.54) is 31.2 Å². The van der Waals surface area contributed by atoms with Crippen molar-refractivity contribution >= 4 is 12.4 Å². The standard InChI is InChI=1S/C21H27NO.ClH/c1-22(18-11-5-6-12-18)16-15-19(17-9-3-2-4-10-17)20-13-7-8-14-21(20)23;/h2-4,7-10,13-14,18-19,23H,5-6,11-12,15-16H2,1H3;1H. The Morgan fingerprint density at radius 1 is 1.00 bits per heavy atom. The molecular formula is C21H28ClNO. The van der Waals surface area contributed by atoms with Gasteiger partial charge in [-0.2, -0.15) is 0 Å². The Morgan fingerprint density at radius 2 is 1.62 bits per heavy atom. The van der Waals surface area contributed by atoms with Crippen molar-refractivity contribution in [1.82, 2.24) is 4.90 Å². The minimum absolute atomic E-state index is 0. The number of phenolic OH excluding ortho intramolecular Hbond substituents is 1. The van der Waals surface area contributed by atoms with Crippen molar-refractivity contribution in [3.05, 3.63) is 65.7 Å². The fraction of sp³-hybridized carbons (Fsp3) is 0.429. The normalized spacial score (nSPS) is 16.1. The van der Waals surface area contributed by atoms with Crippen LogP contribution in [0.2, 0.25) is 0 Å². The molecule has 0 spiro atoms. The van der Waals surface area contributed by atoms with Gasteiger partial charge in [-0.1, -0.05) is 61.4 Å². The molecule has 1 atom stereocenters. The lowest BCUT2D eigenvalue weighted by Crippen LogP contribution is -2.31. The van der Waals surface area contributed by atoms with E-state index in [4.69, 9.17) is 0 Å². The number of nitrogens with zero attached hydrogens (tertiary/aromatic N) is 1. The summed E-state index contributed by atoms with van der Waals surface area (Å²) < 4.78 is 0. The van der Waals surface area contributed by atoms with Crippen LogP contribution in [0.15, 0.2) is 54.6 Å². The van der Waals surface area contributed by atoms with Gasteiger partial charge >= 0.3 is 0 Å². The van der Waals surface area contributed by atoms with Crippen molar-refractivity contribution in [2.75, 3.05) is 13.6 Å². The van der Waals surface area contributed by atoms with Gasteiger partial charge in [0.2, 0.25) is 0 Å². The number of para-hydroxylation sites is 1. The smallest absolute Gasteiger partial charge is 0.119 e. The number of hydrogen-bond donors (Lipinski definition) is 1. The Bertz CT molecular complexity index is 610. The third-order valence-electron chi connectivity index (χ3n) is 5.23. The predicted molar refractivity (Wildman–Crippen MR) is 103 cm³/mol. The summed E-state index contributed by atoms with van der Waals surface area (Å²) >= 11 is 0. The molecule has 2 aromatic carbocycles. The maximum absolute atomic E-state index is 10.3. The molecular weight excluding hydrogens is 318 g/mol. The van der Waals surface area contributed by atoms with Crippen LogP contribution in [0, 0.1) is 0 Å². The molecule has 1 aliphatic carbocycles. The molecule has 1 N–H and O–H groups in total. The van der Waals surface area contributed by atoms with E-state index in [1.54, 1.807) is 6.07 Å². The third-order valence-corrected chi connectivity index (χ3v) is 5.23. The van der Waals surface area contributed by atoms with Crippen molar-refractivity contribution < 1.29 is 5.11 Å². The summed E-state index contributed by atoms with van der Waals surface area (Å²) in [6, 6.07) is 19.1. The number of hydrogen-bond acceptors (Lipinski definition) is 2. The minimum atomic E-state index is 0. The molecule has 0 radical (unpaired) electrons. The van der Waals surface area contributed by atoms with E-state index in [1.807, 2.05) is 12.1 Å². The molecule has 2 nitrogen and oxygen atoms in total. The summed E-state index contributed by atoms with van der Waals surface area (Å²) in [4.78, 5) is 2.52. The number of halogens is 1. The molecule has 0 bridgehead atoms. The first-order valence-corrected chi connectivity index (χ1v) is 8.79. The summed E-state index contributed by atoms with van der Waals surface area (Å²) in [7, 11) is 2.25. The van der Waals surface area contributed by atoms with Crippen LogP contribution in [0.1, 0.15) is 49.1 Å². The van der Waals surface area contributed by atoms with Gasteiger partial charge in [-0.25, -0.2) is 0 Å². The quantitative estimate of drug-likeness (QED) is 0.776. The molecule has 3 heteroatoms. The molecule has 0 amide bonds. The van der Waals surface area contributed by atoms with E-state index in [-0.39, 0.29) is 18.3 Å². The van der Waals surface area contributed by atoms with E-state index in [0.29, 0.717) is 5.75 Å². The number of benzene rings is 2. The van der Waals surface area contributed by atoms with Gasteiger partial charge in [0.1, 0.15) is 5.75 Å². The number of phenols is 1. The number of aromatic hydroxyl groups is 1. The van der Waals surface area contributed by atoms with Gasteiger partial charge in [-0.15, -0.1) is 12.4 Å². The topological polar surface area (TPSA) is 23.5 Å². The Morgan fingerprint density at radius 3 is 2.29 bits per heavy atom. The van der Waals surface area contributed by atoms with Gasteiger partial charge in [0.25, 0.3) is 0 Å². The highest BCUT2D eigenvalue weighted by Crippen LogP contribution is 2.34. The molecule has 1 aliphatic rings. The van der Waals surface area contributed by atoms with Crippen LogP contribution < -0.4 is 0 Å². The lowest BCUT2D eigenvalue weighted by Gasteiger charge is -2.27. The zero-order valence-corrected chi connectivity index (χ0v) is 15.2. The van der Waals surface area contributed by atoms with Crippen molar-refractivity contribution in [1.29, 1.82) is 0 Å². The second-order valence-electron chi connectivity index (χ2n) is 6.73. The van der Waals surface area contributed by atoms with E-state index in [0.717, 1.165) is 24.6 Å². The lowest BCUT2D eigenvalue weighted by atomic mass is 9.87. The molecule has 0 aliphatic heterocycles. The Kier molecular flexibility index (Phi) is 7.14. The molecule has 1 saturated carbocycles. The van der Waals surface area contributed by atoms with E-state index in [9.17, 15) is 5.11 Å². The molecule has 1 fully saturated rings. The highest BCUT2D eigenvalue weighted by atomic mass is 35.5. The minimum Gasteiger partial charge on any atom is -0.508 e. The van der Waals surface area contributed by atoms with Crippen LogP contribution in [-0.2, 0) is 0 Å². The maximum atomic E-state index is 10.3. The fourth-order valence-electron chi connectivity index (χ4n) is 3.83. The molecule has 2 aromatic rings. The lowest BCUT2D eigenvalue weighted by molar-refractivity contribution is 0.239. The Labute approximate surface area is 151 Å². The largest absolute Gasteiger partial charge is 0.508 e. The zero-order chi connectivity index (χ0) is 16.1. The fourth-order valence-corrected chi connectivity index (χ4v) is 3.83. The first kappa shape index (κ1) is 18.8. The summed E-state index contributed by atoms with van der Waals surface area (Å²) in [5.74, 6) is 0.658. The van der Waals surface area contributed by atoms with Gasteiger partial charge in [0.15, 0.2) is 0 Å². The van der Waals surface area contributed by atoms with Gasteiger partial charge in [0.05, 0.1) is 0 Å². The van der Waals surface area contributed by atoms with Crippen LogP contribution in [0.3, 0.4) is 0 Å². The predicted octanol–water partition coefficient (Wildman–Crippen LogP) is 5.21. The monoisotopic (exact) mass is 345 g/mol. The first-order valence-electron chi connectivity index (χ1n) is 8.79. The van der Waals surface area contributed by atoms with Crippen molar-refractivity contribution in [3.8, 4) is 5.75 Å². The molecule has 0 heterocycles. The van der Waals surface area contributed by atoms with Gasteiger partial charge in [0, 0.05) is 17.5 Å². The van der Waals surface area contributed by atoms with Crippen LogP contribution in [-0.4, -0.2) is 29.6 Å². The van der Waals surface area contributed by atoms with Crippen LogP contribution >= 0.6 is 12.4 Å². The van der Waals surface area contributed by atoms with E-state index >= 15 is 0 Å². The van der Waals surface area contributed by atoms with Crippen LogP contribution in [0.5, 0.6) is 5.75 Å². The molecule has 3 rings (SSSR count). The Hall–Kier alpha value is -1.51. The zero-order valence-electron chi connectivity index (χ0n) is 14.4.